The monoisotopic (exact) mass is 381 g/mol. The van der Waals surface area contributed by atoms with E-state index in [4.69, 9.17) is 0 Å². The van der Waals surface area contributed by atoms with Gasteiger partial charge in [-0.05, 0) is 30.4 Å². The molecule has 0 aliphatic carbocycles. The minimum atomic E-state index is -3.43. The van der Waals surface area contributed by atoms with Crippen molar-refractivity contribution in [1.29, 1.82) is 0 Å². The second kappa shape index (κ2) is 7.56. The molecule has 0 saturated carbocycles. The molecule has 0 amide bonds. The Bertz CT molecular complexity index is 737. The van der Waals surface area contributed by atoms with Gasteiger partial charge in [-0.1, -0.05) is 31.2 Å². The third-order valence-corrected chi connectivity index (χ3v) is 7.91. The van der Waals surface area contributed by atoms with Crippen LogP contribution in [0.3, 0.4) is 0 Å². The summed E-state index contributed by atoms with van der Waals surface area (Å²) in [5.41, 5.74) is 1.95. The third kappa shape index (κ3) is 3.82. The standard InChI is InChI=1S/C19H31N3O3S/c1-4-16-7-5-6-8-17(16)13-21-11-9-19(23)10-12-22(15-18(19)14-21)26(24,25)20(2)3/h5-8,18,23H,4,9-15H2,1-3H3/t18-,19-/m0/s1. The summed E-state index contributed by atoms with van der Waals surface area (Å²) in [6.07, 6.45) is 2.23. The molecule has 146 valence electrons. The molecule has 0 spiro atoms. The Morgan fingerprint density at radius 1 is 1.15 bits per heavy atom. The lowest BCUT2D eigenvalue weighted by atomic mass is 9.76. The van der Waals surface area contributed by atoms with Crippen molar-refractivity contribution in [3.05, 3.63) is 35.4 Å². The van der Waals surface area contributed by atoms with Gasteiger partial charge in [-0.2, -0.15) is 17.0 Å². The Balaban J connectivity index is 1.72. The van der Waals surface area contributed by atoms with Crippen molar-refractivity contribution in [2.45, 2.75) is 38.3 Å². The molecule has 2 atom stereocenters. The molecule has 1 aromatic rings. The molecule has 0 aromatic heterocycles. The van der Waals surface area contributed by atoms with Gasteiger partial charge < -0.3 is 5.11 Å². The van der Waals surface area contributed by atoms with Gasteiger partial charge in [0.25, 0.3) is 10.2 Å². The smallest absolute Gasteiger partial charge is 0.281 e. The van der Waals surface area contributed by atoms with Crippen LogP contribution >= 0.6 is 0 Å². The average molecular weight is 382 g/mol. The summed E-state index contributed by atoms with van der Waals surface area (Å²) >= 11 is 0. The van der Waals surface area contributed by atoms with Gasteiger partial charge in [0, 0.05) is 52.7 Å². The molecule has 2 heterocycles. The summed E-state index contributed by atoms with van der Waals surface area (Å²) in [5.74, 6) is -0.0477. The lowest BCUT2D eigenvalue weighted by Crippen LogP contribution is -2.61. The molecule has 6 nitrogen and oxygen atoms in total. The second-order valence-corrected chi connectivity index (χ2v) is 9.95. The molecular formula is C19H31N3O3S. The maximum atomic E-state index is 12.5. The fraction of sp³-hybridized carbons (Fsp3) is 0.684. The fourth-order valence-electron chi connectivity index (χ4n) is 4.22. The van der Waals surface area contributed by atoms with E-state index in [1.807, 2.05) is 0 Å². The van der Waals surface area contributed by atoms with E-state index in [0.29, 0.717) is 25.9 Å². The highest BCUT2D eigenvalue weighted by molar-refractivity contribution is 7.86. The van der Waals surface area contributed by atoms with Crippen LogP contribution in [-0.4, -0.2) is 72.9 Å². The van der Waals surface area contributed by atoms with Crippen molar-refractivity contribution in [3.8, 4) is 0 Å². The van der Waals surface area contributed by atoms with Crippen LogP contribution in [0.15, 0.2) is 24.3 Å². The quantitative estimate of drug-likeness (QED) is 0.835. The predicted octanol–water partition coefficient (Wildman–Crippen LogP) is 1.31. The Morgan fingerprint density at radius 3 is 2.46 bits per heavy atom. The number of benzene rings is 1. The van der Waals surface area contributed by atoms with Gasteiger partial charge in [-0.25, -0.2) is 0 Å². The van der Waals surface area contributed by atoms with Crippen molar-refractivity contribution in [2.75, 3.05) is 40.3 Å². The van der Waals surface area contributed by atoms with Crippen molar-refractivity contribution < 1.29 is 13.5 Å². The molecule has 26 heavy (non-hydrogen) atoms. The summed E-state index contributed by atoms with van der Waals surface area (Å²) in [6.45, 7) is 5.39. The van der Waals surface area contributed by atoms with E-state index >= 15 is 0 Å². The first-order chi connectivity index (χ1) is 12.3. The second-order valence-electron chi connectivity index (χ2n) is 7.81. The number of rotatable bonds is 5. The highest BCUT2D eigenvalue weighted by Crippen LogP contribution is 2.37. The molecule has 0 unspecified atom stereocenters. The van der Waals surface area contributed by atoms with Crippen LogP contribution in [0, 0.1) is 5.92 Å². The van der Waals surface area contributed by atoms with E-state index in [0.717, 1.165) is 26.1 Å². The van der Waals surface area contributed by atoms with Gasteiger partial charge in [0.1, 0.15) is 0 Å². The van der Waals surface area contributed by atoms with Crippen LogP contribution in [0.25, 0.3) is 0 Å². The number of aliphatic hydroxyl groups is 1. The van der Waals surface area contributed by atoms with Crippen LogP contribution < -0.4 is 0 Å². The summed E-state index contributed by atoms with van der Waals surface area (Å²) in [5, 5.41) is 11.0. The maximum Gasteiger partial charge on any atom is 0.281 e. The van der Waals surface area contributed by atoms with Crippen LogP contribution in [-0.2, 0) is 23.2 Å². The van der Waals surface area contributed by atoms with E-state index in [9.17, 15) is 13.5 Å². The van der Waals surface area contributed by atoms with Gasteiger partial charge >= 0.3 is 0 Å². The van der Waals surface area contributed by atoms with E-state index in [1.165, 1.54) is 19.7 Å². The molecule has 7 heteroatoms. The highest BCUT2D eigenvalue weighted by Gasteiger charge is 2.47. The van der Waals surface area contributed by atoms with Gasteiger partial charge in [0.15, 0.2) is 0 Å². The number of fused-ring (bicyclic) bond motifs is 1. The maximum absolute atomic E-state index is 12.5. The van der Waals surface area contributed by atoms with Crippen LogP contribution in [0.2, 0.25) is 0 Å². The fourth-order valence-corrected chi connectivity index (χ4v) is 5.37. The van der Waals surface area contributed by atoms with Crippen LogP contribution in [0.5, 0.6) is 0 Å². The molecule has 3 rings (SSSR count). The van der Waals surface area contributed by atoms with Gasteiger partial charge in [0.05, 0.1) is 5.60 Å². The molecule has 1 N–H and O–H groups in total. The zero-order chi connectivity index (χ0) is 18.9. The van der Waals surface area contributed by atoms with Gasteiger partial charge in [-0.3, -0.25) is 4.90 Å². The van der Waals surface area contributed by atoms with Gasteiger partial charge in [-0.15, -0.1) is 0 Å². The highest BCUT2D eigenvalue weighted by atomic mass is 32.2. The number of likely N-dealkylation sites (tertiary alicyclic amines) is 1. The van der Waals surface area contributed by atoms with E-state index < -0.39 is 15.8 Å². The molecule has 0 radical (unpaired) electrons. The lowest BCUT2D eigenvalue weighted by Gasteiger charge is -2.50. The molecular weight excluding hydrogens is 350 g/mol. The number of nitrogens with zero attached hydrogens (tertiary/aromatic N) is 3. The summed E-state index contributed by atoms with van der Waals surface area (Å²) in [4.78, 5) is 2.36. The lowest BCUT2D eigenvalue weighted by molar-refractivity contribution is -0.103. The van der Waals surface area contributed by atoms with Crippen molar-refractivity contribution >= 4 is 10.2 Å². The minimum Gasteiger partial charge on any atom is -0.389 e. The Hall–Kier alpha value is -0.990. The average Bonchev–Trinajstić information content (AvgIpc) is 2.61. The van der Waals surface area contributed by atoms with E-state index in [-0.39, 0.29) is 5.92 Å². The van der Waals surface area contributed by atoms with E-state index in [2.05, 4.69) is 36.1 Å². The van der Waals surface area contributed by atoms with E-state index in [1.54, 1.807) is 14.1 Å². The Labute approximate surface area is 157 Å². The first-order valence-corrected chi connectivity index (χ1v) is 10.8. The van der Waals surface area contributed by atoms with Crippen molar-refractivity contribution in [1.82, 2.24) is 13.5 Å². The molecule has 0 bridgehead atoms. The normalized spacial score (nSPS) is 28.3. The molecule has 2 fully saturated rings. The summed E-state index contributed by atoms with van der Waals surface area (Å²) in [7, 11) is -0.306. The largest absolute Gasteiger partial charge is 0.389 e. The first kappa shape index (κ1) is 19.8. The number of hydrogen-bond acceptors (Lipinski definition) is 4. The predicted molar refractivity (Wildman–Crippen MR) is 103 cm³/mol. The molecule has 2 aliphatic heterocycles. The topological polar surface area (TPSA) is 64.1 Å². The number of aryl methyl sites for hydroxylation is 1. The van der Waals surface area contributed by atoms with Crippen molar-refractivity contribution in [3.63, 3.8) is 0 Å². The summed E-state index contributed by atoms with van der Waals surface area (Å²) in [6, 6.07) is 8.48. The minimum absolute atomic E-state index is 0.0477. The molecule has 2 saturated heterocycles. The number of piperidine rings is 2. The molecule has 2 aliphatic rings. The Kier molecular flexibility index (Phi) is 5.75. The number of hydrogen-bond donors (Lipinski definition) is 1. The molecule has 1 aromatic carbocycles. The zero-order valence-electron chi connectivity index (χ0n) is 16.1. The summed E-state index contributed by atoms with van der Waals surface area (Å²) < 4.78 is 27.7. The van der Waals surface area contributed by atoms with Crippen LogP contribution in [0.4, 0.5) is 0 Å². The SMILES string of the molecule is CCc1ccccc1CN1CC[C@]2(O)CCN(S(=O)(=O)N(C)C)C[C@@H]2C1. The third-order valence-electron chi connectivity index (χ3n) is 6.00. The zero-order valence-corrected chi connectivity index (χ0v) is 16.9. The first-order valence-electron chi connectivity index (χ1n) is 9.45. The van der Waals surface area contributed by atoms with Crippen LogP contribution in [0.1, 0.15) is 30.9 Å². The van der Waals surface area contributed by atoms with Gasteiger partial charge in [0.2, 0.25) is 0 Å². The van der Waals surface area contributed by atoms with Crippen molar-refractivity contribution in [2.24, 2.45) is 5.92 Å². The Morgan fingerprint density at radius 2 is 1.81 bits per heavy atom.